The largest absolute Gasteiger partial charge is 0.478 e. The summed E-state index contributed by atoms with van der Waals surface area (Å²) < 4.78 is 5.77. The molecule has 0 amide bonds. The van der Waals surface area contributed by atoms with Crippen LogP contribution < -0.4 is 15.0 Å². The van der Waals surface area contributed by atoms with Gasteiger partial charge in [0.25, 0.3) is 0 Å². The fourth-order valence-corrected chi connectivity index (χ4v) is 2.16. The minimum absolute atomic E-state index is 0.325. The lowest BCUT2D eigenvalue weighted by atomic mass is 10.3. The number of anilines is 1. The molecule has 4 nitrogen and oxygen atoms in total. The molecular formula is C9H15N3OS. The van der Waals surface area contributed by atoms with E-state index >= 15 is 0 Å². The van der Waals surface area contributed by atoms with Crippen LogP contribution in [0.2, 0.25) is 0 Å². The van der Waals surface area contributed by atoms with Gasteiger partial charge in [-0.2, -0.15) is 0 Å². The molecule has 2 rings (SSSR count). The normalized spacial score (nSPS) is 21.1. The Morgan fingerprint density at radius 3 is 3.07 bits per heavy atom. The fraction of sp³-hybridized carbons (Fsp3) is 0.667. The third kappa shape index (κ3) is 2.16. The molecule has 1 aromatic heterocycles. The molecular weight excluding hydrogens is 198 g/mol. The van der Waals surface area contributed by atoms with Crippen molar-refractivity contribution in [3.05, 3.63) is 6.20 Å². The first-order valence-corrected chi connectivity index (χ1v) is 5.58. The van der Waals surface area contributed by atoms with Crippen LogP contribution in [0.3, 0.4) is 0 Å². The average Bonchev–Trinajstić information content (AvgIpc) is 2.75. The molecule has 1 saturated heterocycles. The summed E-state index contributed by atoms with van der Waals surface area (Å²) in [6, 6.07) is 0. The smallest absolute Gasteiger partial charge is 0.196 e. The number of thiazole rings is 1. The van der Waals surface area contributed by atoms with Gasteiger partial charge < -0.3 is 15.0 Å². The third-order valence-electron chi connectivity index (χ3n) is 2.15. The van der Waals surface area contributed by atoms with Crippen LogP contribution in [0.5, 0.6) is 5.06 Å². The predicted octanol–water partition coefficient (Wildman–Crippen LogP) is 0.950. The highest BCUT2D eigenvalue weighted by Crippen LogP contribution is 2.28. The Bertz CT molecular complexity index is 294. The summed E-state index contributed by atoms with van der Waals surface area (Å²) in [6.07, 6.45) is 3.22. The standard InChI is InChI=1S/C9H15N3OS/c1-12(2)9-11-6-8(14-9)13-7-3-4-10-5-7/h6-7,10H,3-5H2,1-2H3. The molecule has 1 aromatic rings. The Hall–Kier alpha value is -0.810. The summed E-state index contributed by atoms with van der Waals surface area (Å²) >= 11 is 1.59. The molecule has 1 fully saturated rings. The van der Waals surface area contributed by atoms with E-state index < -0.39 is 0 Å². The van der Waals surface area contributed by atoms with Gasteiger partial charge in [0.05, 0.1) is 6.20 Å². The molecule has 0 aromatic carbocycles. The van der Waals surface area contributed by atoms with Gasteiger partial charge in [-0.1, -0.05) is 11.3 Å². The summed E-state index contributed by atoms with van der Waals surface area (Å²) in [7, 11) is 3.97. The summed E-state index contributed by atoms with van der Waals surface area (Å²) in [6.45, 7) is 2.01. The molecule has 0 spiro atoms. The molecule has 78 valence electrons. The summed E-state index contributed by atoms with van der Waals surface area (Å²) in [5.74, 6) is 0. The molecule has 1 aliphatic heterocycles. The maximum atomic E-state index is 5.77. The predicted molar refractivity (Wildman–Crippen MR) is 58.3 cm³/mol. The van der Waals surface area contributed by atoms with Crippen LogP contribution in [-0.2, 0) is 0 Å². The van der Waals surface area contributed by atoms with Crippen molar-refractivity contribution in [1.82, 2.24) is 10.3 Å². The molecule has 5 heteroatoms. The van der Waals surface area contributed by atoms with E-state index in [1.54, 1.807) is 17.5 Å². The van der Waals surface area contributed by atoms with E-state index in [4.69, 9.17) is 4.74 Å². The van der Waals surface area contributed by atoms with Crippen LogP contribution in [0.1, 0.15) is 6.42 Å². The van der Waals surface area contributed by atoms with Crippen molar-refractivity contribution in [2.24, 2.45) is 0 Å². The van der Waals surface area contributed by atoms with Crippen LogP contribution in [-0.4, -0.2) is 38.3 Å². The molecule has 0 radical (unpaired) electrons. The highest BCUT2D eigenvalue weighted by atomic mass is 32.1. The first kappa shape index (κ1) is 9.73. The van der Waals surface area contributed by atoms with Gasteiger partial charge in [0.15, 0.2) is 10.2 Å². The lowest BCUT2D eigenvalue weighted by molar-refractivity contribution is 0.229. The Balaban J connectivity index is 1.95. The summed E-state index contributed by atoms with van der Waals surface area (Å²) in [5.41, 5.74) is 0. The lowest BCUT2D eigenvalue weighted by Gasteiger charge is -2.09. The Kier molecular flexibility index (Phi) is 2.88. The second kappa shape index (κ2) is 4.14. The molecule has 14 heavy (non-hydrogen) atoms. The zero-order valence-electron chi connectivity index (χ0n) is 8.49. The minimum atomic E-state index is 0.325. The topological polar surface area (TPSA) is 37.4 Å². The highest BCUT2D eigenvalue weighted by molar-refractivity contribution is 7.17. The van der Waals surface area contributed by atoms with E-state index in [2.05, 4.69) is 10.3 Å². The van der Waals surface area contributed by atoms with Crippen molar-refractivity contribution in [1.29, 1.82) is 0 Å². The molecule has 1 atom stereocenters. The van der Waals surface area contributed by atoms with Crippen LogP contribution in [0.15, 0.2) is 6.20 Å². The summed E-state index contributed by atoms with van der Waals surface area (Å²) in [4.78, 5) is 6.25. The molecule has 0 saturated carbocycles. The van der Waals surface area contributed by atoms with Gasteiger partial charge in [0.1, 0.15) is 6.10 Å². The van der Waals surface area contributed by atoms with Crippen molar-refractivity contribution in [2.75, 3.05) is 32.1 Å². The van der Waals surface area contributed by atoms with Gasteiger partial charge in [-0.05, 0) is 13.0 Å². The van der Waals surface area contributed by atoms with Crippen molar-refractivity contribution in [2.45, 2.75) is 12.5 Å². The molecule has 1 unspecified atom stereocenters. The zero-order valence-corrected chi connectivity index (χ0v) is 9.30. The highest BCUT2D eigenvalue weighted by Gasteiger charge is 2.17. The number of nitrogens with one attached hydrogen (secondary N) is 1. The first-order valence-electron chi connectivity index (χ1n) is 4.76. The van der Waals surface area contributed by atoms with E-state index in [0.29, 0.717) is 6.10 Å². The fourth-order valence-electron chi connectivity index (χ4n) is 1.40. The lowest BCUT2D eigenvalue weighted by Crippen LogP contribution is -2.18. The maximum Gasteiger partial charge on any atom is 0.196 e. The molecule has 1 N–H and O–H groups in total. The Labute approximate surface area is 87.9 Å². The van der Waals surface area contributed by atoms with E-state index in [1.165, 1.54) is 0 Å². The van der Waals surface area contributed by atoms with Gasteiger partial charge in [-0.3, -0.25) is 0 Å². The average molecular weight is 213 g/mol. The quantitative estimate of drug-likeness (QED) is 0.811. The second-order valence-corrected chi connectivity index (χ2v) is 4.56. The van der Waals surface area contributed by atoms with Crippen LogP contribution in [0, 0.1) is 0 Å². The number of hydrogen-bond acceptors (Lipinski definition) is 5. The van der Waals surface area contributed by atoms with Crippen molar-refractivity contribution >= 4 is 16.5 Å². The minimum Gasteiger partial charge on any atom is -0.478 e. The third-order valence-corrected chi connectivity index (χ3v) is 3.21. The summed E-state index contributed by atoms with van der Waals surface area (Å²) in [5, 5.41) is 5.18. The maximum absolute atomic E-state index is 5.77. The Morgan fingerprint density at radius 2 is 2.50 bits per heavy atom. The van der Waals surface area contributed by atoms with Gasteiger partial charge in [-0.15, -0.1) is 0 Å². The monoisotopic (exact) mass is 213 g/mol. The number of ether oxygens (including phenoxy) is 1. The molecule has 1 aliphatic rings. The molecule has 2 heterocycles. The van der Waals surface area contributed by atoms with Crippen molar-refractivity contribution in [3.8, 4) is 5.06 Å². The van der Waals surface area contributed by atoms with Gasteiger partial charge in [0, 0.05) is 20.6 Å². The van der Waals surface area contributed by atoms with Gasteiger partial charge in [-0.25, -0.2) is 4.98 Å². The molecule has 0 bridgehead atoms. The van der Waals surface area contributed by atoms with Crippen LogP contribution in [0.25, 0.3) is 0 Å². The number of hydrogen-bond donors (Lipinski definition) is 1. The van der Waals surface area contributed by atoms with Crippen LogP contribution in [0.4, 0.5) is 5.13 Å². The van der Waals surface area contributed by atoms with Gasteiger partial charge >= 0.3 is 0 Å². The van der Waals surface area contributed by atoms with Crippen LogP contribution >= 0.6 is 11.3 Å². The van der Waals surface area contributed by atoms with E-state index in [9.17, 15) is 0 Å². The SMILES string of the molecule is CN(C)c1ncc(OC2CCNC2)s1. The van der Waals surface area contributed by atoms with Crippen molar-refractivity contribution < 1.29 is 4.74 Å². The van der Waals surface area contributed by atoms with E-state index in [0.717, 1.165) is 29.7 Å². The zero-order chi connectivity index (χ0) is 9.97. The molecule has 0 aliphatic carbocycles. The first-order chi connectivity index (χ1) is 6.75. The number of nitrogens with zero attached hydrogens (tertiary/aromatic N) is 2. The Morgan fingerprint density at radius 1 is 1.64 bits per heavy atom. The van der Waals surface area contributed by atoms with E-state index in [1.807, 2.05) is 19.0 Å². The number of aromatic nitrogens is 1. The van der Waals surface area contributed by atoms with E-state index in [-0.39, 0.29) is 0 Å². The second-order valence-electron chi connectivity index (χ2n) is 3.59. The van der Waals surface area contributed by atoms with Crippen molar-refractivity contribution in [3.63, 3.8) is 0 Å². The van der Waals surface area contributed by atoms with Gasteiger partial charge in [0.2, 0.25) is 0 Å². The number of rotatable bonds is 3.